The van der Waals surface area contributed by atoms with Crippen molar-refractivity contribution in [2.45, 2.75) is 6.54 Å². The first kappa shape index (κ1) is 12.9. The highest BCUT2D eigenvalue weighted by Crippen LogP contribution is 2.30. The van der Waals surface area contributed by atoms with E-state index < -0.39 is 5.97 Å². The highest BCUT2D eigenvalue weighted by molar-refractivity contribution is 6.30. The molecule has 0 atom stereocenters. The Kier molecular flexibility index (Phi) is 3.06. The summed E-state index contributed by atoms with van der Waals surface area (Å²) in [4.78, 5) is 18.7. The molecule has 0 fully saturated rings. The van der Waals surface area contributed by atoms with Crippen molar-refractivity contribution in [2.24, 2.45) is 5.84 Å². The number of nitrogens with two attached hydrogens (primary N) is 1. The molecule has 5 N–H and O–H groups in total. The predicted molar refractivity (Wildman–Crippen MR) is 76.6 cm³/mol. The number of benzene rings is 1. The molecule has 0 radical (unpaired) electrons. The molecule has 102 valence electrons. The van der Waals surface area contributed by atoms with Crippen LogP contribution in [0.15, 0.2) is 24.4 Å². The first-order valence-electron chi connectivity index (χ1n) is 5.88. The number of pyridine rings is 1. The van der Waals surface area contributed by atoms with E-state index in [0.717, 1.165) is 10.8 Å². The van der Waals surface area contributed by atoms with Gasteiger partial charge in [-0.3, -0.25) is 11.3 Å². The lowest BCUT2D eigenvalue weighted by atomic mass is 10.1. The standard InChI is InChI=1S/C13H11ClN4O2/c14-10-3-8-6(4-16-10)1-2-7-11(13(19)20)9(5-17-15)18-12(7)8/h1-4,16-17H,5,15H2,(H,19,20). The Morgan fingerprint density at radius 2 is 2.25 bits per heavy atom. The monoisotopic (exact) mass is 290 g/mol. The average Bonchev–Trinajstić information content (AvgIpc) is 2.77. The van der Waals surface area contributed by atoms with Gasteiger partial charge in [0, 0.05) is 22.4 Å². The largest absolute Gasteiger partial charge is 0.478 e. The number of nitrogens with zero attached hydrogens (tertiary/aromatic N) is 1. The van der Waals surface area contributed by atoms with Crippen molar-refractivity contribution < 1.29 is 9.90 Å². The lowest BCUT2D eigenvalue weighted by Crippen LogP contribution is -2.22. The number of fused-ring (bicyclic) bond motifs is 3. The molecule has 0 bridgehead atoms. The highest BCUT2D eigenvalue weighted by Gasteiger charge is 2.19. The van der Waals surface area contributed by atoms with E-state index >= 15 is 0 Å². The van der Waals surface area contributed by atoms with E-state index in [1.165, 1.54) is 0 Å². The van der Waals surface area contributed by atoms with Crippen molar-refractivity contribution in [2.75, 3.05) is 0 Å². The van der Waals surface area contributed by atoms with Gasteiger partial charge in [-0.1, -0.05) is 23.7 Å². The molecule has 0 aliphatic rings. The molecule has 0 spiro atoms. The molecule has 0 saturated carbocycles. The molecule has 1 aromatic carbocycles. The molecule has 0 unspecified atom stereocenters. The number of nitrogens with one attached hydrogen (secondary N) is 2. The summed E-state index contributed by atoms with van der Waals surface area (Å²) in [5.41, 5.74) is 3.63. The minimum Gasteiger partial charge on any atom is -0.478 e. The molecular formula is C13H11ClN4O2. The number of carbonyl (C=O) groups is 1. The van der Waals surface area contributed by atoms with Gasteiger partial charge in [-0.05, 0) is 6.07 Å². The van der Waals surface area contributed by atoms with Gasteiger partial charge in [0.2, 0.25) is 0 Å². The SMILES string of the molecule is NNCc1nc2c(ccc3c[nH]c(Cl)cc32)c1C(=O)O. The van der Waals surface area contributed by atoms with Crippen LogP contribution in [-0.2, 0) is 6.54 Å². The zero-order valence-corrected chi connectivity index (χ0v) is 11.0. The molecule has 20 heavy (non-hydrogen) atoms. The van der Waals surface area contributed by atoms with E-state index in [1.54, 1.807) is 18.3 Å². The fourth-order valence-electron chi connectivity index (χ4n) is 2.35. The quantitative estimate of drug-likeness (QED) is 0.336. The Balaban J connectivity index is 2.42. The normalized spacial score (nSPS) is 11.3. The Morgan fingerprint density at radius 1 is 1.45 bits per heavy atom. The Bertz CT molecular complexity index is 828. The van der Waals surface area contributed by atoms with Gasteiger partial charge in [-0.25, -0.2) is 9.78 Å². The molecule has 2 aromatic heterocycles. The van der Waals surface area contributed by atoms with E-state index in [9.17, 15) is 9.90 Å². The van der Waals surface area contributed by atoms with Crippen molar-refractivity contribution in [1.82, 2.24) is 15.4 Å². The van der Waals surface area contributed by atoms with Crippen molar-refractivity contribution in [3.05, 3.63) is 40.8 Å². The minimum absolute atomic E-state index is 0.170. The molecule has 3 aromatic rings. The summed E-state index contributed by atoms with van der Waals surface area (Å²) in [5, 5.41) is 12.1. The topological polar surface area (TPSA) is 104 Å². The number of carboxylic acid groups (broad SMARTS) is 1. The second-order valence-corrected chi connectivity index (χ2v) is 4.77. The molecule has 0 amide bonds. The maximum absolute atomic E-state index is 11.4. The maximum Gasteiger partial charge on any atom is 0.338 e. The van der Waals surface area contributed by atoms with Crippen LogP contribution >= 0.6 is 11.6 Å². The number of H-pyrrole nitrogens is 1. The second-order valence-electron chi connectivity index (χ2n) is 4.37. The number of rotatable bonds is 3. The van der Waals surface area contributed by atoms with Crippen LogP contribution in [0, 0.1) is 0 Å². The number of aromatic nitrogens is 2. The Labute approximate surface area is 118 Å². The highest BCUT2D eigenvalue weighted by atomic mass is 35.5. The fraction of sp³-hybridized carbons (Fsp3) is 0.0769. The predicted octanol–water partition coefficient (Wildman–Crippen LogP) is 2.03. The first-order valence-corrected chi connectivity index (χ1v) is 6.25. The lowest BCUT2D eigenvalue weighted by molar-refractivity contribution is 0.0697. The van der Waals surface area contributed by atoms with Crippen LogP contribution in [0.5, 0.6) is 0 Å². The summed E-state index contributed by atoms with van der Waals surface area (Å²) in [6.45, 7) is 0.185. The van der Waals surface area contributed by atoms with Crippen LogP contribution in [-0.4, -0.2) is 21.0 Å². The van der Waals surface area contributed by atoms with Crippen molar-refractivity contribution in [1.29, 1.82) is 0 Å². The van der Waals surface area contributed by atoms with Crippen LogP contribution in [0.4, 0.5) is 0 Å². The van der Waals surface area contributed by atoms with Crippen molar-refractivity contribution in [3.63, 3.8) is 0 Å². The first-order chi connectivity index (χ1) is 9.61. The van der Waals surface area contributed by atoms with E-state index in [0.29, 0.717) is 21.7 Å². The molecule has 0 saturated heterocycles. The molecule has 3 rings (SSSR count). The molecule has 6 nitrogen and oxygen atoms in total. The summed E-state index contributed by atoms with van der Waals surface area (Å²) in [6.07, 6.45) is 1.76. The number of aromatic amines is 1. The van der Waals surface area contributed by atoms with Gasteiger partial charge in [0.1, 0.15) is 5.15 Å². The van der Waals surface area contributed by atoms with Crippen LogP contribution in [0.2, 0.25) is 5.15 Å². The van der Waals surface area contributed by atoms with Crippen molar-refractivity contribution in [3.8, 4) is 0 Å². The second kappa shape index (κ2) is 4.75. The van der Waals surface area contributed by atoms with Gasteiger partial charge in [0.05, 0.1) is 23.3 Å². The van der Waals surface area contributed by atoms with E-state index in [4.69, 9.17) is 17.4 Å². The number of hydrazine groups is 1. The summed E-state index contributed by atoms with van der Waals surface area (Å²) < 4.78 is 0. The average molecular weight is 291 g/mol. The van der Waals surface area contributed by atoms with E-state index in [1.807, 2.05) is 6.07 Å². The number of aromatic carboxylic acids is 1. The molecule has 0 aliphatic heterocycles. The smallest absolute Gasteiger partial charge is 0.338 e. The summed E-state index contributed by atoms with van der Waals surface area (Å²) in [5.74, 6) is 4.26. The molecular weight excluding hydrogens is 280 g/mol. The molecule has 2 heterocycles. The third-order valence-electron chi connectivity index (χ3n) is 3.18. The van der Waals surface area contributed by atoms with Gasteiger partial charge in [0.15, 0.2) is 0 Å². The number of carboxylic acids is 1. The van der Waals surface area contributed by atoms with Crippen LogP contribution < -0.4 is 11.3 Å². The van der Waals surface area contributed by atoms with Gasteiger partial charge >= 0.3 is 5.97 Å². The minimum atomic E-state index is -1.02. The Morgan fingerprint density at radius 3 is 2.95 bits per heavy atom. The summed E-state index contributed by atoms with van der Waals surface area (Å²) >= 11 is 5.96. The third kappa shape index (κ3) is 1.90. The van der Waals surface area contributed by atoms with Crippen LogP contribution in [0.3, 0.4) is 0 Å². The fourth-order valence-corrected chi connectivity index (χ4v) is 2.51. The Hall–Kier alpha value is -2.15. The van der Waals surface area contributed by atoms with Crippen LogP contribution in [0.1, 0.15) is 16.1 Å². The van der Waals surface area contributed by atoms with Crippen LogP contribution in [0.25, 0.3) is 21.7 Å². The van der Waals surface area contributed by atoms with Gasteiger partial charge in [0.25, 0.3) is 0 Å². The molecule has 7 heteroatoms. The lowest BCUT2D eigenvalue weighted by Gasteiger charge is -2.00. The van der Waals surface area contributed by atoms with Gasteiger partial charge in [-0.15, -0.1) is 0 Å². The summed E-state index contributed by atoms with van der Waals surface area (Å²) in [7, 11) is 0. The zero-order valence-electron chi connectivity index (χ0n) is 10.3. The van der Waals surface area contributed by atoms with E-state index in [2.05, 4.69) is 15.4 Å². The van der Waals surface area contributed by atoms with Crippen molar-refractivity contribution >= 4 is 39.2 Å². The van der Waals surface area contributed by atoms with Gasteiger partial charge < -0.3 is 10.1 Å². The van der Waals surface area contributed by atoms with E-state index in [-0.39, 0.29) is 12.1 Å². The van der Waals surface area contributed by atoms with Gasteiger partial charge in [-0.2, -0.15) is 0 Å². The molecule has 0 aliphatic carbocycles. The number of hydrogen-bond donors (Lipinski definition) is 4. The maximum atomic E-state index is 11.4. The number of hydrogen-bond acceptors (Lipinski definition) is 4. The summed E-state index contributed by atoms with van der Waals surface area (Å²) in [6, 6.07) is 5.31. The third-order valence-corrected chi connectivity index (χ3v) is 3.39. The zero-order chi connectivity index (χ0) is 14.3. The number of halogens is 1.